The number of ether oxygens (including phenoxy) is 1. The van der Waals surface area contributed by atoms with E-state index in [1.54, 1.807) is 55.6 Å². The maximum absolute atomic E-state index is 12.7. The fourth-order valence-corrected chi connectivity index (χ4v) is 10.2. The Morgan fingerprint density at radius 3 is 1.12 bits per heavy atom. The molecule has 10 heterocycles. The van der Waals surface area contributed by atoms with E-state index in [1.807, 2.05) is 6.92 Å². The number of halogens is 15. The lowest BCUT2D eigenvalue weighted by Gasteiger charge is -2.21. The van der Waals surface area contributed by atoms with Crippen molar-refractivity contribution in [1.82, 2.24) is 54.4 Å². The van der Waals surface area contributed by atoms with E-state index in [0.29, 0.717) is 17.3 Å². The van der Waals surface area contributed by atoms with Crippen LogP contribution >= 0.6 is 0 Å². The van der Waals surface area contributed by atoms with Crippen molar-refractivity contribution in [3.05, 3.63) is 107 Å². The van der Waals surface area contributed by atoms with E-state index in [1.165, 1.54) is 50.6 Å². The maximum Gasteiger partial charge on any atom is 0.433 e. The third-order valence-electron chi connectivity index (χ3n) is 16.0. The molecule has 97 heavy (non-hydrogen) atoms. The molecule has 10 rings (SSSR count). The van der Waals surface area contributed by atoms with Gasteiger partial charge in [0.05, 0.1) is 65.6 Å². The molecule has 10 amide bonds. The van der Waals surface area contributed by atoms with Crippen molar-refractivity contribution in [2.45, 2.75) is 134 Å². The number of aliphatic hydroxyl groups is 2. The van der Waals surface area contributed by atoms with Gasteiger partial charge in [-0.2, -0.15) is 76.0 Å². The zero-order valence-electron chi connectivity index (χ0n) is 53.7. The Morgan fingerprint density at radius 2 is 0.804 bits per heavy atom. The molecule has 40 heteroatoms. The van der Waals surface area contributed by atoms with Crippen LogP contribution in [0.15, 0.2) is 79.4 Å². The van der Waals surface area contributed by atoms with Gasteiger partial charge >= 0.3 is 61.0 Å². The molecular weight excluding hydrogens is 1340 g/mol. The van der Waals surface area contributed by atoms with Crippen molar-refractivity contribution >= 4 is 59.2 Å². The molecule has 534 valence electrons. The first-order valence-electron chi connectivity index (χ1n) is 28.8. The summed E-state index contributed by atoms with van der Waals surface area (Å²) in [6.07, 6.45) is -22.0. The minimum Gasteiger partial charge on any atom is -0.371 e. The molecular formula is C57H67F15N16O9. The topological polar surface area (TPSA) is 246 Å². The van der Waals surface area contributed by atoms with Crippen LogP contribution in [0.1, 0.15) is 76.4 Å². The Morgan fingerprint density at radius 1 is 0.443 bits per heavy atom. The molecule has 0 saturated carbocycles. The van der Waals surface area contributed by atoms with Gasteiger partial charge in [-0.15, -0.1) is 0 Å². The lowest BCUT2D eigenvalue weighted by molar-refractivity contribution is -0.144. The van der Waals surface area contributed by atoms with Crippen LogP contribution < -0.4 is 24.5 Å². The summed E-state index contributed by atoms with van der Waals surface area (Å²) in [6, 6.07) is 3.40. The van der Waals surface area contributed by atoms with Crippen molar-refractivity contribution < 1.29 is 110 Å². The van der Waals surface area contributed by atoms with E-state index in [0.717, 1.165) is 100 Å². The summed E-state index contributed by atoms with van der Waals surface area (Å²) in [6.45, 7) is 12.9. The SMILES string of the molecule is CC1C(C)N(c2cc(C(F)(F)F)ccn2)C(=O)N1C.CC1C(O)N(c2cc(C(F)(F)F)n(C)n2)C(=O)N1C.CC1CN(C)C(=O)N1c1cc(C(F)(F)F)ccn1.CCOC1C(O)N(c2cc(C(F)(F)F)ccn2)C(=O)N1C.CON1C(=O)N(c2cc(C(F)(F)F)ccn2)C(C)C1C. The summed E-state index contributed by atoms with van der Waals surface area (Å²) in [4.78, 5) is 90.8. The molecule has 25 nitrogen and oxygen atoms in total. The number of hydrogen-bond acceptors (Lipinski definition) is 14. The Balaban J connectivity index is 0.000000192. The largest absolute Gasteiger partial charge is 0.433 e. The Kier molecular flexibility index (Phi) is 23.3. The van der Waals surface area contributed by atoms with Gasteiger partial charge < -0.3 is 29.6 Å². The molecule has 0 bridgehead atoms. The van der Waals surface area contributed by atoms with Gasteiger partial charge in [0, 0.05) is 79.2 Å². The number of urea groups is 5. The van der Waals surface area contributed by atoms with Crippen LogP contribution in [0.4, 0.5) is 119 Å². The van der Waals surface area contributed by atoms with Crippen molar-refractivity contribution in [2.75, 3.05) is 73.0 Å². The first kappa shape index (κ1) is 77.0. The van der Waals surface area contributed by atoms with Crippen molar-refractivity contribution in [3.63, 3.8) is 0 Å². The number of likely N-dealkylation sites (N-methyl/N-ethyl adjacent to an activating group) is 4. The molecule has 0 aromatic carbocycles. The zero-order chi connectivity index (χ0) is 73.3. The predicted molar refractivity (Wildman–Crippen MR) is 314 cm³/mol. The average Bonchev–Trinajstić information content (AvgIpc) is 1.67. The molecule has 9 atom stereocenters. The molecule has 5 aromatic rings. The molecule has 5 aliphatic heterocycles. The summed E-state index contributed by atoms with van der Waals surface area (Å²) in [5, 5.41) is 24.7. The number of pyridine rings is 4. The van der Waals surface area contributed by atoms with Crippen LogP contribution in [0.3, 0.4) is 0 Å². The van der Waals surface area contributed by atoms with Crippen molar-refractivity contribution in [3.8, 4) is 0 Å². The van der Waals surface area contributed by atoms with Crippen LogP contribution in [0.5, 0.6) is 0 Å². The summed E-state index contributed by atoms with van der Waals surface area (Å²) < 4.78 is 196. The normalized spacial score (nSPS) is 23.2. The number of amides is 10. The minimum absolute atomic E-state index is 0.0310. The highest BCUT2D eigenvalue weighted by Crippen LogP contribution is 2.39. The van der Waals surface area contributed by atoms with Gasteiger partial charge in [-0.1, -0.05) is 0 Å². The average molecular weight is 1410 g/mol. The number of rotatable bonds is 8. The second kappa shape index (κ2) is 29.3. The fraction of sp³-hybridized carbons (Fsp3) is 0.509. The van der Waals surface area contributed by atoms with E-state index in [4.69, 9.17) is 9.57 Å². The molecule has 0 spiro atoms. The first-order chi connectivity index (χ1) is 44.7. The monoisotopic (exact) mass is 1400 g/mol. The van der Waals surface area contributed by atoms with Gasteiger partial charge in [-0.25, -0.2) is 53.7 Å². The Hall–Kier alpha value is -9.05. The second-order valence-corrected chi connectivity index (χ2v) is 22.3. The maximum atomic E-state index is 12.7. The van der Waals surface area contributed by atoms with Gasteiger partial charge in [-0.3, -0.25) is 29.1 Å². The van der Waals surface area contributed by atoms with Crippen molar-refractivity contribution in [2.24, 2.45) is 7.05 Å². The van der Waals surface area contributed by atoms with Crippen LogP contribution in [0.2, 0.25) is 0 Å². The molecule has 9 unspecified atom stereocenters. The van der Waals surface area contributed by atoms with E-state index in [2.05, 4.69) is 25.0 Å². The highest BCUT2D eigenvalue weighted by Gasteiger charge is 2.49. The predicted octanol–water partition coefficient (Wildman–Crippen LogP) is 10.5. The number of hydrogen-bond donors (Lipinski definition) is 2. The number of nitrogens with zero attached hydrogens (tertiary/aromatic N) is 16. The van der Waals surface area contributed by atoms with E-state index in [-0.39, 0.29) is 78.0 Å². The van der Waals surface area contributed by atoms with Crippen molar-refractivity contribution in [1.29, 1.82) is 0 Å². The summed E-state index contributed by atoms with van der Waals surface area (Å²) in [7, 11) is 8.55. The highest BCUT2D eigenvalue weighted by atomic mass is 19.4. The lowest BCUT2D eigenvalue weighted by Crippen LogP contribution is -2.38. The molecule has 0 radical (unpaired) electrons. The Bertz CT molecular complexity index is 3620. The summed E-state index contributed by atoms with van der Waals surface area (Å²) >= 11 is 0. The summed E-state index contributed by atoms with van der Waals surface area (Å²) in [5.74, 6) is -0.473. The number of hydroxylamine groups is 2. The highest BCUT2D eigenvalue weighted by molar-refractivity contribution is 5.96. The molecule has 0 aliphatic carbocycles. The lowest BCUT2D eigenvalue weighted by atomic mass is 10.1. The first-order valence-corrected chi connectivity index (χ1v) is 28.8. The number of alkyl halides is 15. The third-order valence-corrected chi connectivity index (χ3v) is 16.0. The number of aryl methyl sites for hydroxylation is 1. The van der Waals surface area contributed by atoms with Gasteiger partial charge in [0.1, 0.15) is 29.0 Å². The van der Waals surface area contributed by atoms with E-state index < -0.39 is 102 Å². The van der Waals surface area contributed by atoms with Gasteiger partial charge in [0.15, 0.2) is 24.5 Å². The minimum atomic E-state index is -4.56. The second-order valence-electron chi connectivity index (χ2n) is 22.3. The van der Waals surface area contributed by atoms with Gasteiger partial charge in [-0.05, 0) is 97.0 Å². The van der Waals surface area contributed by atoms with Gasteiger partial charge in [0.2, 0.25) is 0 Å². The number of aromatic nitrogens is 6. The van der Waals surface area contributed by atoms with Gasteiger partial charge in [0.25, 0.3) is 0 Å². The number of carbonyl (C=O) groups is 5. The standard InChI is InChI=1S/C12H14F3N3O3.C12H14F3N3O2.C12H14F3N3O.C11H12F3N3O.C10H13F3N4O2/c1-3-21-10-9(19)18(11(20)17(10)2)8-6-7(4-5-16-8)12(13,14)15;1-7-8(2)18(20-3)11(19)17(7)10-6-9(4-5-16-10)12(13,14)15;1-7-8(2)18(11(19)17(7)3)10-6-9(4-5-16-10)12(13,14)15;1-7-6-16(2)10(18)17(7)9-5-8(3-4-15-9)11(12,13)14;1-5-8(18)17(9(19)15(5)2)7-4-6(10(11,12)13)16(3)14-7/h4-6,9-10,19H,3H2,1-2H3;4-8H,1-3H3;4-8H,1-3H3;3-5,7H,6H2,1-2H3;4-5,8,18H,1-3H3. The van der Waals surface area contributed by atoms with Crippen LogP contribution in [0.25, 0.3) is 0 Å². The van der Waals surface area contributed by atoms with Crippen LogP contribution in [0, 0.1) is 0 Å². The van der Waals surface area contributed by atoms with E-state index in [9.17, 15) is 100 Å². The Labute approximate surface area is 543 Å². The number of anilines is 5. The van der Waals surface area contributed by atoms with Crippen LogP contribution in [-0.4, -0.2) is 198 Å². The molecule has 2 N–H and O–H groups in total. The molecule has 5 aliphatic rings. The van der Waals surface area contributed by atoms with Crippen LogP contribution in [-0.2, 0) is 47.5 Å². The third kappa shape index (κ3) is 16.7. The summed E-state index contributed by atoms with van der Waals surface area (Å²) in [5.41, 5.74) is -4.38. The molecule has 5 aromatic heterocycles. The molecule has 5 fully saturated rings. The fourth-order valence-electron chi connectivity index (χ4n) is 10.2. The smallest absolute Gasteiger partial charge is 0.371 e. The molecule has 5 saturated heterocycles. The zero-order valence-corrected chi connectivity index (χ0v) is 53.7. The quantitative estimate of drug-likeness (QED) is 0.137. The van der Waals surface area contributed by atoms with E-state index >= 15 is 0 Å². The number of carbonyl (C=O) groups excluding carboxylic acids is 5. The number of aliphatic hydroxyl groups excluding tert-OH is 2.